The van der Waals surface area contributed by atoms with Gasteiger partial charge in [-0.3, -0.25) is 0 Å². The van der Waals surface area contributed by atoms with Crippen LogP contribution in [0.25, 0.3) is 11.3 Å². The van der Waals surface area contributed by atoms with Crippen LogP contribution in [0.5, 0.6) is 5.88 Å². The molecule has 1 N–H and O–H groups in total. The first kappa shape index (κ1) is 27.2. The third-order valence-electron chi connectivity index (χ3n) is 7.52. The van der Waals surface area contributed by atoms with Crippen LogP contribution in [0, 0.1) is 11.8 Å². The summed E-state index contributed by atoms with van der Waals surface area (Å²) in [6.45, 7) is -1.87. The van der Waals surface area contributed by atoms with Crippen LogP contribution in [0.2, 0.25) is 0 Å². The predicted molar refractivity (Wildman–Crippen MR) is 120 cm³/mol. The lowest BCUT2D eigenvalue weighted by Gasteiger charge is -2.33. The van der Waals surface area contributed by atoms with Gasteiger partial charge in [-0.05, 0) is 54.7 Å². The Morgan fingerprint density at radius 3 is 2.32 bits per heavy atom. The molecule has 2 heterocycles. The minimum absolute atomic E-state index is 0.143. The summed E-state index contributed by atoms with van der Waals surface area (Å²) in [6.07, 6.45) is -2.65. The van der Waals surface area contributed by atoms with Gasteiger partial charge in [0.25, 0.3) is 10.2 Å². The van der Waals surface area contributed by atoms with E-state index in [-0.39, 0.29) is 24.1 Å². The number of aryl methyl sites for hydroxylation is 1. The van der Waals surface area contributed by atoms with Gasteiger partial charge in [0.1, 0.15) is 6.54 Å². The molecule has 3 aliphatic rings. The summed E-state index contributed by atoms with van der Waals surface area (Å²) >= 11 is 0. The van der Waals surface area contributed by atoms with Crippen molar-refractivity contribution < 1.29 is 47.4 Å². The van der Waals surface area contributed by atoms with E-state index in [0.29, 0.717) is 35.6 Å². The smallest absolute Gasteiger partial charge is 0.356 e. The molecule has 1 aromatic carbocycles. The largest absolute Gasteiger partial charge is 0.534 e. The van der Waals surface area contributed by atoms with Crippen LogP contribution < -0.4 is 8.91 Å². The third kappa shape index (κ3) is 4.66. The number of halogens is 6. The molecule has 17 heteroatoms. The van der Waals surface area contributed by atoms with E-state index in [0.717, 1.165) is 21.9 Å². The molecular weight excluding hydrogens is 566 g/mol. The number of hydrogen-bond acceptors (Lipinski definition) is 6. The summed E-state index contributed by atoms with van der Waals surface area (Å²) in [5, 5.41) is 4.06. The van der Waals surface area contributed by atoms with E-state index in [1.807, 2.05) is 0 Å². The van der Waals surface area contributed by atoms with E-state index in [1.54, 1.807) is 18.2 Å². The zero-order valence-electron chi connectivity index (χ0n) is 19.7. The second-order valence-corrected chi connectivity index (χ2v) is 13.1. The van der Waals surface area contributed by atoms with Crippen molar-refractivity contribution in [2.75, 3.05) is 13.1 Å². The molecule has 38 heavy (non-hydrogen) atoms. The lowest BCUT2D eigenvalue weighted by Crippen LogP contribution is -2.52. The van der Waals surface area contributed by atoms with Crippen molar-refractivity contribution in [2.45, 2.75) is 42.9 Å². The first-order chi connectivity index (χ1) is 17.4. The Labute approximate surface area is 214 Å². The van der Waals surface area contributed by atoms with Gasteiger partial charge in [-0.2, -0.15) is 57.3 Å². The summed E-state index contributed by atoms with van der Waals surface area (Å²) in [6, 6.07) is 6.18. The molecule has 1 spiro atoms. The normalized spacial score (nSPS) is 27.4. The maximum absolute atomic E-state index is 13.1. The van der Waals surface area contributed by atoms with Crippen molar-refractivity contribution in [3.05, 3.63) is 35.4 Å². The van der Waals surface area contributed by atoms with Crippen LogP contribution in [0.3, 0.4) is 0 Å². The standard InChI is InChI=1S/C21H22F6N4O5S2/c1-30-18(36-37(32,33)21(25,26)27)9-17(28-30)13-3-2-12-7-15-4-5-16(8-14(12)6-13)19(15)10-31(11-20(22,23)24)38(34,35)29-19/h2-3,6,9,15-16,29H,4-5,7-8,10-11H2,1H3/t15-,16+,19-/m1/s1. The highest BCUT2D eigenvalue weighted by atomic mass is 32.2. The molecule has 1 saturated heterocycles. The van der Waals surface area contributed by atoms with Crippen LogP contribution in [0.4, 0.5) is 26.3 Å². The molecule has 0 unspecified atom stereocenters. The predicted octanol–water partition coefficient (Wildman–Crippen LogP) is 2.89. The minimum Gasteiger partial charge on any atom is -0.356 e. The van der Waals surface area contributed by atoms with Crippen molar-refractivity contribution in [1.82, 2.24) is 18.8 Å². The Balaban J connectivity index is 1.43. The zero-order chi connectivity index (χ0) is 27.9. The van der Waals surface area contributed by atoms with Crippen molar-refractivity contribution in [1.29, 1.82) is 0 Å². The van der Waals surface area contributed by atoms with Crippen molar-refractivity contribution >= 4 is 20.3 Å². The van der Waals surface area contributed by atoms with Crippen LogP contribution >= 0.6 is 0 Å². The van der Waals surface area contributed by atoms with Crippen LogP contribution in [-0.2, 0) is 40.2 Å². The van der Waals surface area contributed by atoms with Gasteiger partial charge in [-0.25, -0.2) is 4.68 Å². The fourth-order valence-electron chi connectivity index (χ4n) is 5.83. The highest BCUT2D eigenvalue weighted by molar-refractivity contribution is 7.88. The molecule has 1 aliphatic heterocycles. The SMILES string of the molecule is Cn1nc(-c2ccc3c(c2)C[C@@H]2CC[C@H](C3)[C@]23CN(CC(F)(F)F)S(=O)(=O)N3)cc1OS(=O)(=O)C(F)(F)F. The fourth-order valence-corrected chi connectivity index (χ4v) is 8.02. The lowest BCUT2D eigenvalue weighted by atomic mass is 9.79. The van der Waals surface area contributed by atoms with E-state index in [2.05, 4.69) is 14.0 Å². The first-order valence-electron chi connectivity index (χ1n) is 11.4. The monoisotopic (exact) mass is 588 g/mol. The Hall–Kier alpha value is -2.37. The topological polar surface area (TPSA) is 111 Å². The highest BCUT2D eigenvalue weighted by Gasteiger charge is 2.60. The van der Waals surface area contributed by atoms with Crippen LogP contribution in [0.1, 0.15) is 24.0 Å². The summed E-state index contributed by atoms with van der Waals surface area (Å²) in [4.78, 5) is 0. The molecule has 3 atom stereocenters. The van der Waals surface area contributed by atoms with Gasteiger partial charge in [0.2, 0.25) is 5.88 Å². The number of rotatable bonds is 4. The first-order valence-corrected chi connectivity index (χ1v) is 14.3. The Kier molecular flexibility index (Phi) is 6.13. The molecule has 5 rings (SSSR count). The van der Waals surface area contributed by atoms with E-state index in [4.69, 9.17) is 0 Å². The second-order valence-electron chi connectivity index (χ2n) is 9.87. The maximum atomic E-state index is 13.1. The van der Waals surface area contributed by atoms with Gasteiger partial charge in [0.05, 0.1) is 11.2 Å². The Bertz CT molecular complexity index is 1490. The van der Waals surface area contributed by atoms with Gasteiger partial charge in [-0.1, -0.05) is 12.1 Å². The number of nitrogens with zero attached hydrogens (tertiary/aromatic N) is 3. The molecule has 1 aromatic heterocycles. The van der Waals surface area contributed by atoms with Crippen molar-refractivity contribution in [3.8, 4) is 17.1 Å². The fraction of sp³-hybridized carbons (Fsp3) is 0.571. The number of fused-ring (bicyclic) bond motifs is 1. The van der Waals surface area contributed by atoms with E-state index in [1.165, 1.54) is 7.05 Å². The van der Waals surface area contributed by atoms with Gasteiger partial charge in [0, 0.05) is 25.2 Å². The van der Waals surface area contributed by atoms with Gasteiger partial charge < -0.3 is 4.18 Å². The van der Waals surface area contributed by atoms with E-state index < -0.39 is 50.0 Å². The number of nitrogens with one attached hydrogen (secondary N) is 1. The number of hydrogen-bond donors (Lipinski definition) is 1. The van der Waals surface area contributed by atoms with Crippen molar-refractivity contribution in [3.63, 3.8) is 0 Å². The maximum Gasteiger partial charge on any atom is 0.534 e. The van der Waals surface area contributed by atoms with E-state index in [9.17, 15) is 43.2 Å². The molecule has 0 radical (unpaired) electrons. The Morgan fingerprint density at radius 2 is 1.71 bits per heavy atom. The summed E-state index contributed by atoms with van der Waals surface area (Å²) < 4.78 is 133. The average molecular weight is 589 g/mol. The molecule has 2 aromatic rings. The second kappa shape index (κ2) is 8.56. The van der Waals surface area contributed by atoms with Gasteiger partial charge in [0.15, 0.2) is 0 Å². The lowest BCUT2D eigenvalue weighted by molar-refractivity contribution is -0.136. The van der Waals surface area contributed by atoms with Crippen molar-refractivity contribution in [2.24, 2.45) is 18.9 Å². The molecule has 2 fully saturated rings. The molecule has 210 valence electrons. The summed E-state index contributed by atoms with van der Waals surface area (Å²) in [7, 11) is -9.01. The van der Waals surface area contributed by atoms with Crippen LogP contribution in [0.15, 0.2) is 24.3 Å². The summed E-state index contributed by atoms with van der Waals surface area (Å²) in [5.74, 6) is -1.15. The zero-order valence-corrected chi connectivity index (χ0v) is 21.3. The van der Waals surface area contributed by atoms with E-state index >= 15 is 0 Å². The van der Waals surface area contributed by atoms with Crippen LogP contribution in [-0.4, -0.2) is 61.2 Å². The number of benzene rings is 1. The molecule has 2 aliphatic carbocycles. The Morgan fingerprint density at radius 1 is 1.08 bits per heavy atom. The summed E-state index contributed by atoms with van der Waals surface area (Å²) in [5.41, 5.74) is -4.39. The molecular formula is C21H22F6N4O5S2. The average Bonchev–Trinajstić information content (AvgIpc) is 3.31. The molecule has 2 bridgehead atoms. The molecule has 1 saturated carbocycles. The highest BCUT2D eigenvalue weighted by Crippen LogP contribution is 2.51. The number of alkyl halides is 6. The minimum atomic E-state index is -5.90. The number of aromatic nitrogens is 2. The molecule has 9 nitrogen and oxygen atoms in total. The van der Waals surface area contributed by atoms with Gasteiger partial charge in [-0.15, -0.1) is 0 Å². The molecule has 0 amide bonds. The quantitative estimate of drug-likeness (QED) is 0.334. The third-order valence-corrected chi connectivity index (χ3v) is 10.1. The van der Waals surface area contributed by atoms with Gasteiger partial charge >= 0.3 is 21.8 Å².